The predicted molar refractivity (Wildman–Crippen MR) is 63.5 cm³/mol. The van der Waals surface area contributed by atoms with Gasteiger partial charge in [0.15, 0.2) is 0 Å². The highest BCUT2D eigenvalue weighted by Crippen LogP contribution is 2.29. The number of aryl methyl sites for hydroxylation is 3. The van der Waals surface area contributed by atoms with E-state index in [1.54, 1.807) is 0 Å². The van der Waals surface area contributed by atoms with Gasteiger partial charge >= 0.3 is 0 Å². The molecule has 0 saturated heterocycles. The van der Waals surface area contributed by atoms with Gasteiger partial charge in [-0.2, -0.15) is 4.98 Å². The maximum atomic E-state index is 5.74. The van der Waals surface area contributed by atoms with Crippen LogP contribution in [-0.2, 0) is 0 Å². The molecule has 3 heteroatoms. The molecule has 2 aromatic heterocycles. The molecule has 0 N–H and O–H groups in total. The Bertz CT molecular complexity index is 698. The maximum Gasteiger partial charge on any atom is 0.230 e. The maximum absolute atomic E-state index is 5.74. The van der Waals surface area contributed by atoms with E-state index in [1.165, 1.54) is 5.56 Å². The van der Waals surface area contributed by atoms with E-state index in [0.717, 1.165) is 27.9 Å². The van der Waals surface area contributed by atoms with Crippen molar-refractivity contribution in [2.75, 3.05) is 0 Å². The van der Waals surface area contributed by atoms with Crippen LogP contribution in [-0.4, -0.2) is 9.97 Å². The zero-order valence-corrected chi connectivity index (χ0v) is 9.53. The first kappa shape index (κ1) is 9.33. The lowest BCUT2D eigenvalue weighted by Crippen LogP contribution is -1.90. The Kier molecular flexibility index (Phi) is 1.78. The largest absolute Gasteiger partial charge is 0.438 e. The molecule has 80 valence electrons. The van der Waals surface area contributed by atoms with Crippen molar-refractivity contribution in [2.45, 2.75) is 20.8 Å². The molecular weight excluding hydrogens is 200 g/mol. The van der Waals surface area contributed by atoms with Crippen LogP contribution in [0.3, 0.4) is 0 Å². The second kappa shape index (κ2) is 3.04. The number of hydrogen-bond donors (Lipinski definition) is 0. The van der Waals surface area contributed by atoms with E-state index >= 15 is 0 Å². The highest BCUT2D eigenvalue weighted by Gasteiger charge is 2.11. The van der Waals surface area contributed by atoms with Crippen LogP contribution >= 0.6 is 0 Å². The molecule has 3 rings (SSSR count). The van der Waals surface area contributed by atoms with Crippen LogP contribution in [0.15, 0.2) is 22.6 Å². The van der Waals surface area contributed by atoms with Gasteiger partial charge in [-0.15, -0.1) is 0 Å². The van der Waals surface area contributed by atoms with Gasteiger partial charge in [0.05, 0.1) is 11.1 Å². The first-order valence-corrected chi connectivity index (χ1v) is 5.29. The summed E-state index contributed by atoms with van der Waals surface area (Å²) in [5, 5.41) is 2.12. The fourth-order valence-corrected chi connectivity index (χ4v) is 2.09. The van der Waals surface area contributed by atoms with Gasteiger partial charge in [0.25, 0.3) is 0 Å². The molecule has 0 spiro atoms. The molecule has 0 aliphatic heterocycles. The van der Waals surface area contributed by atoms with Crippen LogP contribution in [0.2, 0.25) is 0 Å². The average molecular weight is 212 g/mol. The van der Waals surface area contributed by atoms with Crippen molar-refractivity contribution in [3.05, 3.63) is 35.3 Å². The SMILES string of the molecule is Cc1ccc2c(c1)oc1nc(C)nc(C)c12. The zero-order chi connectivity index (χ0) is 11.3. The Morgan fingerprint density at radius 3 is 2.69 bits per heavy atom. The Hall–Kier alpha value is -1.90. The van der Waals surface area contributed by atoms with Gasteiger partial charge in [0.1, 0.15) is 11.4 Å². The minimum atomic E-state index is 0.686. The topological polar surface area (TPSA) is 38.9 Å². The molecule has 0 unspecified atom stereocenters. The van der Waals surface area contributed by atoms with Gasteiger partial charge in [-0.3, -0.25) is 0 Å². The third-order valence-electron chi connectivity index (χ3n) is 2.78. The lowest BCUT2D eigenvalue weighted by atomic mass is 10.1. The summed E-state index contributed by atoms with van der Waals surface area (Å²) >= 11 is 0. The highest BCUT2D eigenvalue weighted by atomic mass is 16.3. The smallest absolute Gasteiger partial charge is 0.230 e. The van der Waals surface area contributed by atoms with Crippen molar-refractivity contribution in [3.8, 4) is 0 Å². The van der Waals surface area contributed by atoms with E-state index in [-0.39, 0.29) is 0 Å². The van der Waals surface area contributed by atoms with Crippen molar-refractivity contribution in [3.63, 3.8) is 0 Å². The predicted octanol–water partition coefficient (Wildman–Crippen LogP) is 3.30. The van der Waals surface area contributed by atoms with Gasteiger partial charge in [0, 0.05) is 5.39 Å². The van der Waals surface area contributed by atoms with Crippen molar-refractivity contribution in [1.82, 2.24) is 9.97 Å². The summed E-state index contributed by atoms with van der Waals surface area (Å²) in [7, 11) is 0. The van der Waals surface area contributed by atoms with Gasteiger partial charge in [0.2, 0.25) is 5.71 Å². The summed E-state index contributed by atoms with van der Waals surface area (Å²) in [4.78, 5) is 8.70. The molecular formula is C13H12N2O. The minimum absolute atomic E-state index is 0.686. The van der Waals surface area contributed by atoms with Crippen molar-refractivity contribution in [1.29, 1.82) is 0 Å². The molecule has 3 nitrogen and oxygen atoms in total. The van der Waals surface area contributed by atoms with Gasteiger partial charge in [-0.05, 0) is 32.4 Å². The van der Waals surface area contributed by atoms with E-state index in [2.05, 4.69) is 29.0 Å². The molecule has 0 atom stereocenters. The van der Waals surface area contributed by atoms with Crippen LogP contribution in [0, 0.1) is 20.8 Å². The molecule has 1 aromatic carbocycles. The molecule has 2 heterocycles. The molecule has 0 aliphatic carbocycles. The second-order valence-electron chi connectivity index (χ2n) is 4.14. The summed E-state index contributed by atoms with van der Waals surface area (Å²) in [6.07, 6.45) is 0. The number of nitrogens with zero attached hydrogens (tertiary/aromatic N) is 2. The fourth-order valence-electron chi connectivity index (χ4n) is 2.09. The van der Waals surface area contributed by atoms with Crippen LogP contribution in [0.25, 0.3) is 22.1 Å². The van der Waals surface area contributed by atoms with Crippen LogP contribution in [0.4, 0.5) is 0 Å². The molecule has 0 amide bonds. The Labute approximate surface area is 93.1 Å². The number of rotatable bonds is 0. The molecule has 3 aromatic rings. The average Bonchev–Trinajstić information content (AvgIpc) is 2.54. The zero-order valence-electron chi connectivity index (χ0n) is 9.53. The Morgan fingerprint density at radius 1 is 1.06 bits per heavy atom. The van der Waals surface area contributed by atoms with Crippen molar-refractivity contribution < 1.29 is 4.42 Å². The lowest BCUT2D eigenvalue weighted by Gasteiger charge is -1.96. The number of fused-ring (bicyclic) bond motifs is 3. The molecule has 0 fully saturated rings. The molecule has 0 radical (unpaired) electrons. The Morgan fingerprint density at radius 2 is 1.88 bits per heavy atom. The van der Waals surface area contributed by atoms with E-state index in [4.69, 9.17) is 4.42 Å². The Balaban J connectivity index is 2.56. The van der Waals surface area contributed by atoms with E-state index in [1.807, 2.05) is 19.9 Å². The van der Waals surface area contributed by atoms with Crippen molar-refractivity contribution >= 4 is 22.1 Å². The number of benzene rings is 1. The third-order valence-corrected chi connectivity index (χ3v) is 2.78. The number of aromatic nitrogens is 2. The molecule has 16 heavy (non-hydrogen) atoms. The summed E-state index contributed by atoms with van der Waals surface area (Å²) in [6, 6.07) is 6.19. The molecule has 0 bridgehead atoms. The summed E-state index contributed by atoms with van der Waals surface area (Å²) < 4.78 is 5.74. The van der Waals surface area contributed by atoms with Crippen LogP contribution in [0.5, 0.6) is 0 Å². The number of furan rings is 1. The van der Waals surface area contributed by atoms with E-state index in [0.29, 0.717) is 5.71 Å². The second-order valence-corrected chi connectivity index (χ2v) is 4.14. The van der Waals surface area contributed by atoms with E-state index < -0.39 is 0 Å². The van der Waals surface area contributed by atoms with Gasteiger partial charge in [-0.1, -0.05) is 12.1 Å². The lowest BCUT2D eigenvalue weighted by molar-refractivity contribution is 0.649. The standard InChI is InChI=1S/C13H12N2O/c1-7-4-5-10-11(6-7)16-13-12(10)8(2)14-9(3)15-13/h4-6H,1-3H3. The number of hydrogen-bond acceptors (Lipinski definition) is 3. The quantitative estimate of drug-likeness (QED) is 0.574. The summed E-state index contributed by atoms with van der Waals surface area (Å²) in [5.74, 6) is 0.751. The monoisotopic (exact) mass is 212 g/mol. The van der Waals surface area contributed by atoms with Gasteiger partial charge < -0.3 is 4.42 Å². The molecule has 0 aliphatic rings. The van der Waals surface area contributed by atoms with Gasteiger partial charge in [-0.25, -0.2) is 4.98 Å². The fraction of sp³-hybridized carbons (Fsp3) is 0.231. The van der Waals surface area contributed by atoms with Crippen LogP contribution in [0.1, 0.15) is 17.1 Å². The summed E-state index contributed by atoms with van der Waals surface area (Å²) in [6.45, 7) is 5.92. The first-order valence-electron chi connectivity index (χ1n) is 5.29. The normalized spacial score (nSPS) is 11.4. The van der Waals surface area contributed by atoms with Crippen LogP contribution < -0.4 is 0 Å². The molecule has 0 saturated carbocycles. The minimum Gasteiger partial charge on any atom is -0.438 e. The summed E-state index contributed by atoms with van der Waals surface area (Å²) in [5.41, 5.74) is 3.74. The van der Waals surface area contributed by atoms with Crippen molar-refractivity contribution in [2.24, 2.45) is 0 Å². The highest BCUT2D eigenvalue weighted by molar-refractivity contribution is 6.04. The third kappa shape index (κ3) is 1.21. The first-order chi connectivity index (χ1) is 7.65. The van der Waals surface area contributed by atoms with E-state index in [9.17, 15) is 0 Å².